The van der Waals surface area contributed by atoms with Crippen molar-refractivity contribution in [3.8, 4) is 0 Å². The standard InChI is InChI=1S/C12H13N3O4/c1-19-12(18)8-4-7(2-3-9(8)13)15-5-10(16)14-11(17)6-15/h2-4H,5-6,13H2,1H3,(H,14,16,17). The molecule has 1 aromatic rings. The van der Waals surface area contributed by atoms with Gasteiger partial charge in [0.2, 0.25) is 11.8 Å². The van der Waals surface area contributed by atoms with E-state index in [1.54, 1.807) is 17.0 Å². The van der Waals surface area contributed by atoms with E-state index in [-0.39, 0.29) is 36.2 Å². The fourth-order valence-corrected chi connectivity index (χ4v) is 1.85. The molecule has 2 rings (SSSR count). The van der Waals surface area contributed by atoms with E-state index in [9.17, 15) is 14.4 Å². The summed E-state index contributed by atoms with van der Waals surface area (Å²) in [4.78, 5) is 35.7. The van der Waals surface area contributed by atoms with Gasteiger partial charge in [0.1, 0.15) is 0 Å². The summed E-state index contributed by atoms with van der Waals surface area (Å²) in [6, 6.07) is 4.69. The average Bonchev–Trinajstić information content (AvgIpc) is 2.37. The van der Waals surface area contributed by atoms with Crippen molar-refractivity contribution in [1.29, 1.82) is 0 Å². The number of nitrogen functional groups attached to an aromatic ring is 1. The van der Waals surface area contributed by atoms with Crippen LogP contribution in [-0.2, 0) is 14.3 Å². The zero-order valence-electron chi connectivity index (χ0n) is 10.3. The normalized spacial score (nSPS) is 15.1. The van der Waals surface area contributed by atoms with E-state index in [1.807, 2.05) is 0 Å². The third-order valence-corrected chi connectivity index (χ3v) is 2.76. The molecule has 1 aromatic carbocycles. The van der Waals surface area contributed by atoms with Gasteiger partial charge in [-0.25, -0.2) is 4.79 Å². The maximum atomic E-state index is 11.5. The monoisotopic (exact) mass is 263 g/mol. The molecule has 7 heteroatoms. The minimum atomic E-state index is -0.563. The van der Waals surface area contributed by atoms with Gasteiger partial charge in [0, 0.05) is 11.4 Å². The van der Waals surface area contributed by atoms with Crippen molar-refractivity contribution in [2.75, 3.05) is 30.8 Å². The highest BCUT2D eigenvalue weighted by atomic mass is 16.5. The summed E-state index contributed by atoms with van der Waals surface area (Å²) >= 11 is 0. The summed E-state index contributed by atoms with van der Waals surface area (Å²) in [5.74, 6) is -1.33. The minimum absolute atomic E-state index is 0.0519. The Balaban J connectivity index is 2.32. The van der Waals surface area contributed by atoms with Gasteiger partial charge >= 0.3 is 5.97 Å². The number of amides is 2. The summed E-state index contributed by atoms with van der Waals surface area (Å²) in [5.41, 5.74) is 6.74. The highest BCUT2D eigenvalue weighted by Gasteiger charge is 2.23. The Morgan fingerprint density at radius 1 is 1.32 bits per heavy atom. The van der Waals surface area contributed by atoms with Gasteiger partial charge in [-0.15, -0.1) is 0 Å². The van der Waals surface area contributed by atoms with Crippen LogP contribution in [-0.4, -0.2) is 38.0 Å². The van der Waals surface area contributed by atoms with Crippen molar-refractivity contribution < 1.29 is 19.1 Å². The molecule has 1 aliphatic heterocycles. The molecule has 7 nitrogen and oxygen atoms in total. The molecular formula is C12H13N3O4. The van der Waals surface area contributed by atoms with E-state index in [0.717, 1.165) is 0 Å². The largest absolute Gasteiger partial charge is 0.465 e. The van der Waals surface area contributed by atoms with E-state index < -0.39 is 5.97 Å². The summed E-state index contributed by atoms with van der Waals surface area (Å²) in [5, 5.41) is 2.20. The van der Waals surface area contributed by atoms with Crippen LogP contribution in [0.1, 0.15) is 10.4 Å². The number of piperazine rings is 1. The lowest BCUT2D eigenvalue weighted by Crippen LogP contribution is -2.51. The van der Waals surface area contributed by atoms with Gasteiger partial charge in [0.25, 0.3) is 0 Å². The van der Waals surface area contributed by atoms with Gasteiger partial charge < -0.3 is 15.4 Å². The van der Waals surface area contributed by atoms with Crippen molar-refractivity contribution in [3.63, 3.8) is 0 Å². The second kappa shape index (κ2) is 4.97. The predicted octanol–water partition coefficient (Wildman–Crippen LogP) is -0.482. The maximum Gasteiger partial charge on any atom is 0.340 e. The Labute approximate surface area is 109 Å². The number of esters is 1. The molecule has 0 aromatic heterocycles. The molecule has 0 aliphatic carbocycles. The number of benzene rings is 1. The molecule has 2 amide bonds. The van der Waals surface area contributed by atoms with Gasteiger partial charge in [-0.3, -0.25) is 14.9 Å². The summed E-state index contributed by atoms with van der Waals surface area (Å²) in [6.07, 6.45) is 0. The van der Waals surface area contributed by atoms with Gasteiger partial charge in [0.15, 0.2) is 0 Å². The Hall–Kier alpha value is -2.57. The van der Waals surface area contributed by atoms with Crippen LogP contribution < -0.4 is 16.0 Å². The Morgan fingerprint density at radius 3 is 2.53 bits per heavy atom. The summed E-state index contributed by atoms with van der Waals surface area (Å²) in [6.45, 7) is 0.104. The molecule has 0 atom stereocenters. The van der Waals surface area contributed by atoms with Crippen LogP contribution in [0.4, 0.5) is 11.4 Å². The first-order valence-electron chi connectivity index (χ1n) is 5.56. The third-order valence-electron chi connectivity index (χ3n) is 2.76. The predicted molar refractivity (Wildman–Crippen MR) is 67.6 cm³/mol. The molecule has 1 fully saturated rings. The molecule has 0 saturated carbocycles. The third kappa shape index (κ3) is 2.65. The molecule has 0 spiro atoms. The lowest BCUT2D eigenvalue weighted by atomic mass is 10.1. The van der Waals surface area contributed by atoms with E-state index in [4.69, 9.17) is 5.73 Å². The quantitative estimate of drug-likeness (QED) is 0.424. The first-order chi connectivity index (χ1) is 9.01. The molecule has 0 unspecified atom stereocenters. The Kier molecular flexibility index (Phi) is 3.37. The van der Waals surface area contributed by atoms with E-state index in [0.29, 0.717) is 5.69 Å². The second-order valence-corrected chi connectivity index (χ2v) is 4.09. The number of nitrogens with zero attached hydrogens (tertiary/aromatic N) is 1. The number of imide groups is 1. The molecule has 1 saturated heterocycles. The zero-order valence-corrected chi connectivity index (χ0v) is 10.3. The van der Waals surface area contributed by atoms with Crippen molar-refractivity contribution >= 4 is 29.2 Å². The van der Waals surface area contributed by atoms with E-state index in [1.165, 1.54) is 13.2 Å². The number of methoxy groups -OCH3 is 1. The minimum Gasteiger partial charge on any atom is -0.465 e. The SMILES string of the molecule is COC(=O)c1cc(N2CC(=O)NC(=O)C2)ccc1N. The van der Waals surface area contributed by atoms with Crippen molar-refractivity contribution in [2.45, 2.75) is 0 Å². The summed E-state index contributed by atoms with van der Waals surface area (Å²) < 4.78 is 4.62. The van der Waals surface area contributed by atoms with Gasteiger partial charge in [-0.1, -0.05) is 0 Å². The van der Waals surface area contributed by atoms with Crippen molar-refractivity contribution in [2.24, 2.45) is 0 Å². The number of ether oxygens (including phenoxy) is 1. The number of carbonyl (C=O) groups is 3. The first-order valence-corrected chi connectivity index (χ1v) is 5.56. The van der Waals surface area contributed by atoms with E-state index in [2.05, 4.69) is 10.1 Å². The Morgan fingerprint density at radius 2 is 1.95 bits per heavy atom. The molecule has 3 N–H and O–H groups in total. The van der Waals surface area contributed by atoms with Crippen molar-refractivity contribution in [3.05, 3.63) is 23.8 Å². The van der Waals surface area contributed by atoms with Gasteiger partial charge in [-0.05, 0) is 18.2 Å². The highest BCUT2D eigenvalue weighted by Crippen LogP contribution is 2.22. The molecule has 1 heterocycles. The van der Waals surface area contributed by atoms with Crippen LogP contribution >= 0.6 is 0 Å². The number of hydrogen-bond donors (Lipinski definition) is 2. The Bertz CT molecular complexity index is 540. The number of nitrogens with one attached hydrogen (secondary N) is 1. The van der Waals surface area contributed by atoms with Gasteiger partial charge in [0.05, 0.1) is 25.8 Å². The molecular weight excluding hydrogens is 250 g/mol. The molecule has 19 heavy (non-hydrogen) atoms. The number of nitrogens with two attached hydrogens (primary N) is 1. The first kappa shape index (κ1) is 12.9. The molecule has 0 radical (unpaired) electrons. The zero-order chi connectivity index (χ0) is 14.0. The second-order valence-electron chi connectivity index (χ2n) is 4.09. The van der Waals surface area contributed by atoms with Crippen LogP contribution in [0.3, 0.4) is 0 Å². The topological polar surface area (TPSA) is 102 Å². The van der Waals surface area contributed by atoms with Crippen LogP contribution in [0, 0.1) is 0 Å². The van der Waals surface area contributed by atoms with E-state index >= 15 is 0 Å². The smallest absolute Gasteiger partial charge is 0.340 e. The van der Waals surface area contributed by atoms with Crippen molar-refractivity contribution in [1.82, 2.24) is 5.32 Å². The van der Waals surface area contributed by atoms with Crippen LogP contribution in [0.25, 0.3) is 0 Å². The molecule has 100 valence electrons. The number of anilines is 2. The average molecular weight is 263 g/mol. The molecule has 1 aliphatic rings. The number of hydrogen-bond acceptors (Lipinski definition) is 6. The van der Waals surface area contributed by atoms with Crippen LogP contribution in [0.15, 0.2) is 18.2 Å². The number of carbonyl (C=O) groups excluding carboxylic acids is 3. The maximum absolute atomic E-state index is 11.5. The number of rotatable bonds is 2. The van der Waals surface area contributed by atoms with Crippen LogP contribution in [0.2, 0.25) is 0 Å². The fourth-order valence-electron chi connectivity index (χ4n) is 1.85. The summed E-state index contributed by atoms with van der Waals surface area (Å²) in [7, 11) is 1.26. The van der Waals surface area contributed by atoms with Gasteiger partial charge in [-0.2, -0.15) is 0 Å². The highest BCUT2D eigenvalue weighted by molar-refractivity contribution is 6.03. The lowest BCUT2D eigenvalue weighted by Gasteiger charge is -2.27. The van der Waals surface area contributed by atoms with Crippen LogP contribution in [0.5, 0.6) is 0 Å². The lowest BCUT2D eigenvalue weighted by molar-refractivity contribution is -0.130. The fraction of sp³-hybridized carbons (Fsp3) is 0.250. The molecule has 0 bridgehead atoms.